The highest BCUT2D eigenvalue weighted by atomic mass is 16.2. The van der Waals surface area contributed by atoms with E-state index in [1.807, 2.05) is 11.0 Å². The van der Waals surface area contributed by atoms with Crippen molar-refractivity contribution in [2.45, 2.75) is 25.4 Å². The summed E-state index contributed by atoms with van der Waals surface area (Å²) in [4.78, 5) is 23.7. The van der Waals surface area contributed by atoms with Gasteiger partial charge in [-0.2, -0.15) is 10.1 Å². The van der Waals surface area contributed by atoms with E-state index in [-0.39, 0.29) is 11.9 Å². The number of carbonyl (C=O) groups is 1. The minimum atomic E-state index is 0.0250. The third-order valence-electron chi connectivity index (χ3n) is 5.17. The zero-order chi connectivity index (χ0) is 17.1. The number of hydrogen-bond donors (Lipinski definition) is 1. The van der Waals surface area contributed by atoms with Gasteiger partial charge >= 0.3 is 0 Å². The second kappa shape index (κ2) is 7.23. The maximum Gasteiger partial charge on any atom is 0.240 e. The number of likely N-dealkylation sites (tertiary alicyclic amines) is 1. The molecule has 1 aromatic carbocycles. The van der Waals surface area contributed by atoms with E-state index in [1.54, 1.807) is 0 Å². The molecule has 1 atom stereocenters. The van der Waals surface area contributed by atoms with E-state index >= 15 is 0 Å². The Morgan fingerprint density at radius 3 is 2.64 bits per heavy atom. The van der Waals surface area contributed by atoms with Gasteiger partial charge in [0, 0.05) is 32.7 Å². The summed E-state index contributed by atoms with van der Waals surface area (Å²) in [6, 6.07) is 10.4. The van der Waals surface area contributed by atoms with Crippen molar-refractivity contribution in [3.63, 3.8) is 0 Å². The highest BCUT2D eigenvalue weighted by Crippen LogP contribution is 2.22. The number of anilines is 1. The number of aromatic amines is 1. The van der Waals surface area contributed by atoms with Gasteiger partial charge < -0.3 is 9.80 Å². The number of piperazine rings is 1. The molecule has 0 bridgehead atoms. The summed E-state index contributed by atoms with van der Waals surface area (Å²) in [6.45, 7) is 4.95. The van der Waals surface area contributed by atoms with Crippen molar-refractivity contribution >= 4 is 11.9 Å². The van der Waals surface area contributed by atoms with E-state index in [0.29, 0.717) is 0 Å². The van der Waals surface area contributed by atoms with E-state index < -0.39 is 0 Å². The molecule has 3 heterocycles. The molecule has 132 valence electrons. The highest BCUT2D eigenvalue weighted by molar-refractivity contribution is 5.82. The van der Waals surface area contributed by atoms with Gasteiger partial charge in [0.25, 0.3) is 0 Å². The van der Waals surface area contributed by atoms with Crippen LogP contribution in [0.4, 0.5) is 5.95 Å². The molecule has 0 spiro atoms. The monoisotopic (exact) mass is 340 g/mol. The number of nitrogens with zero attached hydrogens (tertiary/aromatic N) is 5. The summed E-state index contributed by atoms with van der Waals surface area (Å²) >= 11 is 0. The van der Waals surface area contributed by atoms with Crippen LogP contribution in [0.15, 0.2) is 36.7 Å². The van der Waals surface area contributed by atoms with Crippen LogP contribution in [0, 0.1) is 0 Å². The minimum absolute atomic E-state index is 0.0250. The summed E-state index contributed by atoms with van der Waals surface area (Å²) in [5, 5.41) is 6.79. The molecule has 2 saturated heterocycles. The van der Waals surface area contributed by atoms with E-state index in [9.17, 15) is 4.79 Å². The molecule has 4 rings (SSSR count). The maximum atomic E-state index is 13.0. The first-order valence-electron chi connectivity index (χ1n) is 8.98. The quantitative estimate of drug-likeness (QED) is 0.903. The molecule has 1 aromatic heterocycles. The Labute approximate surface area is 147 Å². The summed E-state index contributed by atoms with van der Waals surface area (Å²) < 4.78 is 0. The average Bonchev–Trinajstić information content (AvgIpc) is 3.34. The summed E-state index contributed by atoms with van der Waals surface area (Å²) in [5.74, 6) is 1.07. The Morgan fingerprint density at radius 1 is 1.12 bits per heavy atom. The van der Waals surface area contributed by atoms with Crippen molar-refractivity contribution in [1.82, 2.24) is 25.0 Å². The normalized spacial score (nSPS) is 21.7. The lowest BCUT2D eigenvalue weighted by Gasteiger charge is -2.37. The van der Waals surface area contributed by atoms with Crippen LogP contribution in [0.25, 0.3) is 0 Å². The lowest BCUT2D eigenvalue weighted by molar-refractivity contribution is -0.136. The van der Waals surface area contributed by atoms with Crippen LogP contribution in [0.3, 0.4) is 0 Å². The van der Waals surface area contributed by atoms with Crippen molar-refractivity contribution < 1.29 is 4.79 Å². The number of benzene rings is 1. The Morgan fingerprint density at radius 2 is 1.92 bits per heavy atom. The molecule has 0 radical (unpaired) electrons. The highest BCUT2D eigenvalue weighted by Gasteiger charge is 2.34. The van der Waals surface area contributed by atoms with Crippen molar-refractivity contribution in [3.05, 3.63) is 42.2 Å². The molecular weight excluding hydrogens is 316 g/mol. The fourth-order valence-corrected chi connectivity index (χ4v) is 3.81. The molecule has 7 nitrogen and oxygen atoms in total. The number of H-pyrrole nitrogens is 1. The number of aromatic nitrogens is 3. The molecule has 1 N–H and O–H groups in total. The number of hydrogen-bond acceptors (Lipinski definition) is 5. The summed E-state index contributed by atoms with van der Waals surface area (Å²) in [5.41, 5.74) is 1.28. The molecule has 2 aliphatic heterocycles. The van der Waals surface area contributed by atoms with Gasteiger partial charge in [0.15, 0.2) is 0 Å². The van der Waals surface area contributed by atoms with Gasteiger partial charge in [0.1, 0.15) is 6.33 Å². The minimum Gasteiger partial charge on any atom is -0.338 e. The summed E-state index contributed by atoms with van der Waals surface area (Å²) in [6.07, 6.45) is 3.59. The molecule has 0 unspecified atom stereocenters. The Bertz CT molecular complexity index is 681. The first-order chi connectivity index (χ1) is 12.3. The second-order valence-electron chi connectivity index (χ2n) is 6.74. The molecule has 25 heavy (non-hydrogen) atoms. The fraction of sp³-hybridized carbons (Fsp3) is 0.500. The third kappa shape index (κ3) is 3.51. The molecular formula is C18H24N6O. The molecule has 7 heteroatoms. The average molecular weight is 340 g/mol. The van der Waals surface area contributed by atoms with E-state index in [4.69, 9.17) is 0 Å². The van der Waals surface area contributed by atoms with Crippen molar-refractivity contribution in [2.24, 2.45) is 0 Å². The van der Waals surface area contributed by atoms with Gasteiger partial charge in [0.2, 0.25) is 11.9 Å². The standard InChI is InChI=1S/C18H24N6O/c25-17(22-9-11-23(12-10-22)18-19-14-20-21-18)16-7-4-8-24(16)13-15-5-2-1-3-6-15/h1-3,5-6,14,16H,4,7-13H2,(H,19,20,21)/t16-/m0/s1. The number of nitrogens with one attached hydrogen (secondary N) is 1. The van der Waals surface area contributed by atoms with Crippen molar-refractivity contribution in [3.8, 4) is 0 Å². The van der Waals surface area contributed by atoms with Crippen molar-refractivity contribution in [1.29, 1.82) is 0 Å². The molecule has 2 fully saturated rings. The van der Waals surface area contributed by atoms with Crippen LogP contribution in [0.2, 0.25) is 0 Å². The topological polar surface area (TPSA) is 68.4 Å². The van der Waals surface area contributed by atoms with Gasteiger partial charge in [-0.05, 0) is 24.9 Å². The van der Waals surface area contributed by atoms with Gasteiger partial charge in [-0.25, -0.2) is 5.10 Å². The SMILES string of the molecule is O=C([C@@H]1CCCN1Cc1ccccc1)N1CCN(c2ncn[nH]2)CC1. The number of carbonyl (C=O) groups excluding carboxylic acids is 1. The van der Waals surface area contributed by atoms with Crippen molar-refractivity contribution in [2.75, 3.05) is 37.6 Å². The van der Waals surface area contributed by atoms with Crippen LogP contribution < -0.4 is 4.90 Å². The van der Waals surface area contributed by atoms with Crippen LogP contribution in [-0.2, 0) is 11.3 Å². The Balaban J connectivity index is 1.35. The largest absolute Gasteiger partial charge is 0.338 e. The van der Waals surface area contributed by atoms with Gasteiger partial charge in [-0.15, -0.1) is 0 Å². The van der Waals surface area contributed by atoms with Gasteiger partial charge in [-0.1, -0.05) is 30.3 Å². The number of rotatable bonds is 4. The smallest absolute Gasteiger partial charge is 0.240 e. The zero-order valence-electron chi connectivity index (χ0n) is 14.3. The summed E-state index contributed by atoms with van der Waals surface area (Å²) in [7, 11) is 0. The van der Waals surface area contributed by atoms with E-state index in [2.05, 4.69) is 49.2 Å². The second-order valence-corrected chi connectivity index (χ2v) is 6.74. The Hall–Kier alpha value is -2.41. The zero-order valence-corrected chi connectivity index (χ0v) is 14.3. The van der Waals surface area contributed by atoms with E-state index in [0.717, 1.165) is 58.1 Å². The van der Waals surface area contributed by atoms with E-state index in [1.165, 1.54) is 11.9 Å². The molecule has 2 aromatic rings. The van der Waals surface area contributed by atoms with Gasteiger partial charge in [-0.3, -0.25) is 9.69 Å². The first kappa shape index (κ1) is 16.1. The molecule has 1 amide bonds. The predicted molar refractivity (Wildman–Crippen MR) is 95.0 cm³/mol. The molecule has 0 saturated carbocycles. The molecule has 0 aliphatic carbocycles. The fourth-order valence-electron chi connectivity index (χ4n) is 3.81. The van der Waals surface area contributed by atoms with Crippen LogP contribution in [-0.4, -0.2) is 69.7 Å². The lowest BCUT2D eigenvalue weighted by atomic mass is 10.1. The third-order valence-corrected chi connectivity index (χ3v) is 5.17. The maximum absolute atomic E-state index is 13.0. The van der Waals surface area contributed by atoms with Gasteiger partial charge in [0.05, 0.1) is 6.04 Å². The van der Waals surface area contributed by atoms with Crippen LogP contribution >= 0.6 is 0 Å². The predicted octanol–water partition coefficient (Wildman–Crippen LogP) is 1.12. The first-order valence-corrected chi connectivity index (χ1v) is 8.98. The lowest BCUT2D eigenvalue weighted by Crippen LogP contribution is -2.53. The van der Waals surface area contributed by atoms with Crippen LogP contribution in [0.5, 0.6) is 0 Å². The number of amides is 1. The molecule has 2 aliphatic rings. The van der Waals surface area contributed by atoms with Crippen LogP contribution in [0.1, 0.15) is 18.4 Å². The Kier molecular flexibility index (Phi) is 4.65.